The van der Waals surface area contributed by atoms with Gasteiger partial charge in [0.15, 0.2) is 0 Å². The van der Waals surface area contributed by atoms with Crippen molar-refractivity contribution in [2.24, 2.45) is 22.7 Å². The van der Waals surface area contributed by atoms with E-state index in [1.807, 2.05) is 0 Å². The molecule has 210 valence electrons. The summed E-state index contributed by atoms with van der Waals surface area (Å²) in [6, 6.07) is 9.41. The zero-order valence-corrected chi connectivity index (χ0v) is 24.8. The van der Waals surface area contributed by atoms with E-state index >= 15 is 0 Å². The summed E-state index contributed by atoms with van der Waals surface area (Å²) < 4.78 is 0. The van der Waals surface area contributed by atoms with Crippen LogP contribution >= 0.6 is 0 Å². The van der Waals surface area contributed by atoms with Gasteiger partial charge in [-0.1, -0.05) is 42.5 Å². The number of aliphatic hydroxyl groups is 2. The Balaban J connectivity index is 1.41. The Morgan fingerprint density at radius 2 is 1.69 bits per heavy atom. The molecule has 1 unspecified atom stereocenters. The van der Waals surface area contributed by atoms with Gasteiger partial charge in [-0.2, -0.15) is 0 Å². The predicted molar refractivity (Wildman–Crippen MR) is 160 cm³/mol. The second-order valence-corrected chi connectivity index (χ2v) is 14.4. The number of hydrogen-bond donors (Lipinski definition) is 2. The molecule has 2 N–H and O–H groups in total. The highest BCUT2D eigenvalue weighted by Gasteiger charge is 2.62. The van der Waals surface area contributed by atoms with Crippen molar-refractivity contribution < 1.29 is 10.2 Å². The fourth-order valence-electron chi connectivity index (χ4n) is 8.56. The monoisotopic (exact) mass is 528 g/mol. The molecule has 0 spiro atoms. The maximum atomic E-state index is 12.2. The maximum absolute atomic E-state index is 12.2. The molecule has 4 aliphatic carbocycles. The summed E-state index contributed by atoms with van der Waals surface area (Å²) >= 11 is 0. The smallest absolute Gasteiger partial charge is 0.131 e. The lowest BCUT2D eigenvalue weighted by molar-refractivity contribution is -0.0515. The Hall–Kier alpha value is -2.06. The summed E-state index contributed by atoms with van der Waals surface area (Å²) in [6.07, 6.45) is 8.57. The molecule has 0 bridgehead atoms. The molecule has 6 atom stereocenters. The number of rotatable bonds is 2. The van der Waals surface area contributed by atoms with E-state index in [2.05, 4.69) is 86.7 Å². The highest BCUT2D eigenvalue weighted by Crippen LogP contribution is 2.66. The molecule has 0 aromatic heterocycles. The van der Waals surface area contributed by atoms with E-state index in [1.165, 1.54) is 22.4 Å². The van der Waals surface area contributed by atoms with Crippen LogP contribution < -0.4 is 4.90 Å². The molecule has 2 saturated carbocycles. The molecular weight excluding hydrogens is 480 g/mol. The average molecular weight is 529 g/mol. The van der Waals surface area contributed by atoms with Gasteiger partial charge in [0.05, 0.1) is 6.10 Å². The zero-order chi connectivity index (χ0) is 27.6. The largest absolute Gasteiger partial charge is 0.389 e. The van der Waals surface area contributed by atoms with E-state index in [4.69, 9.17) is 0 Å². The molecule has 1 aromatic rings. The first-order valence-electron chi connectivity index (χ1n) is 15.4. The number of piperazine rings is 1. The molecule has 4 heteroatoms. The Kier molecular flexibility index (Phi) is 6.81. The maximum Gasteiger partial charge on any atom is 0.131 e. The predicted octanol–water partition coefficient (Wildman–Crippen LogP) is 5.91. The Morgan fingerprint density at radius 1 is 0.974 bits per heavy atom. The van der Waals surface area contributed by atoms with Crippen LogP contribution in [-0.4, -0.2) is 60.0 Å². The van der Waals surface area contributed by atoms with Gasteiger partial charge < -0.3 is 20.0 Å². The van der Waals surface area contributed by atoms with Gasteiger partial charge in [0.2, 0.25) is 0 Å². The van der Waals surface area contributed by atoms with E-state index in [1.54, 1.807) is 5.57 Å². The minimum atomic E-state index is -0.946. The molecule has 39 heavy (non-hydrogen) atoms. The molecule has 0 amide bonds. The Morgan fingerprint density at radius 3 is 2.38 bits per heavy atom. The first kappa shape index (κ1) is 27.1. The van der Waals surface area contributed by atoms with Gasteiger partial charge in [-0.25, -0.2) is 0 Å². The topological polar surface area (TPSA) is 46.9 Å². The number of fused-ring (bicyclic) bond motifs is 4. The minimum Gasteiger partial charge on any atom is -0.389 e. The number of likely N-dealkylation sites (N-methyl/N-ethyl adjacent to an activating group) is 1. The lowest BCUT2D eigenvalue weighted by atomic mass is 9.51. The second-order valence-electron chi connectivity index (χ2n) is 14.4. The molecule has 3 fully saturated rings. The van der Waals surface area contributed by atoms with Crippen LogP contribution in [0, 0.1) is 34.5 Å². The highest BCUT2D eigenvalue weighted by molar-refractivity contribution is 5.53. The van der Waals surface area contributed by atoms with Gasteiger partial charge in [-0.15, -0.1) is 0 Å². The van der Waals surface area contributed by atoms with Gasteiger partial charge in [0.1, 0.15) is 5.60 Å². The number of nitrogens with zero attached hydrogens (tertiary/aromatic N) is 2. The van der Waals surface area contributed by atoms with Crippen molar-refractivity contribution in [2.45, 2.75) is 90.3 Å². The molecule has 1 heterocycles. The normalized spacial score (nSPS) is 36.9. The van der Waals surface area contributed by atoms with Crippen LogP contribution in [0.25, 0.3) is 0 Å². The molecule has 0 radical (unpaired) electrons. The third-order valence-electron chi connectivity index (χ3n) is 10.8. The van der Waals surface area contributed by atoms with Crippen molar-refractivity contribution in [3.63, 3.8) is 0 Å². The lowest BCUT2D eigenvalue weighted by Gasteiger charge is -2.54. The average Bonchev–Trinajstić information content (AvgIpc) is 3.17. The second kappa shape index (κ2) is 9.79. The van der Waals surface area contributed by atoms with Crippen LogP contribution in [0.4, 0.5) is 5.69 Å². The van der Waals surface area contributed by atoms with Gasteiger partial charge in [-0.3, -0.25) is 0 Å². The van der Waals surface area contributed by atoms with E-state index in [9.17, 15) is 10.2 Å². The molecule has 5 aliphatic rings. The van der Waals surface area contributed by atoms with E-state index in [0.717, 1.165) is 71.1 Å². The first-order chi connectivity index (χ1) is 18.5. The van der Waals surface area contributed by atoms with Crippen LogP contribution in [0.3, 0.4) is 0 Å². The Labute approximate surface area is 236 Å². The SMILES string of the molecule is CN1CCN(c2ccc([C@H]3C[C@@]4(C)[C@@H](CC[C@@]4(O)C#CC(C)(C)C)[C@@H]4CCC5=CC(O)CCC5=C43)cc2)CC1. The van der Waals surface area contributed by atoms with Crippen molar-refractivity contribution in [2.75, 3.05) is 38.1 Å². The van der Waals surface area contributed by atoms with Crippen molar-refractivity contribution in [1.82, 2.24) is 4.90 Å². The molecule has 1 saturated heterocycles. The lowest BCUT2D eigenvalue weighted by Crippen LogP contribution is -2.51. The van der Waals surface area contributed by atoms with E-state index in [-0.39, 0.29) is 22.9 Å². The number of aliphatic hydroxyl groups excluding tert-OH is 1. The Bertz CT molecular complexity index is 1220. The third kappa shape index (κ3) is 4.79. The molecule has 4 nitrogen and oxygen atoms in total. The zero-order valence-electron chi connectivity index (χ0n) is 24.8. The van der Waals surface area contributed by atoms with E-state index in [0.29, 0.717) is 11.8 Å². The van der Waals surface area contributed by atoms with Crippen molar-refractivity contribution >= 4 is 5.69 Å². The van der Waals surface area contributed by atoms with Crippen molar-refractivity contribution in [1.29, 1.82) is 0 Å². The van der Waals surface area contributed by atoms with Crippen LogP contribution in [0.2, 0.25) is 0 Å². The fourth-order valence-corrected chi connectivity index (χ4v) is 8.56. The fraction of sp³-hybridized carbons (Fsp3) is 0.657. The van der Waals surface area contributed by atoms with Gasteiger partial charge >= 0.3 is 0 Å². The number of benzene rings is 1. The molecule has 1 aliphatic heterocycles. The van der Waals surface area contributed by atoms with Crippen LogP contribution in [-0.2, 0) is 0 Å². The molecule has 1 aromatic carbocycles. The summed E-state index contributed by atoms with van der Waals surface area (Å²) in [5.41, 5.74) is 5.94. The number of anilines is 1. The first-order valence-corrected chi connectivity index (χ1v) is 15.4. The summed E-state index contributed by atoms with van der Waals surface area (Å²) in [6.45, 7) is 13.1. The summed E-state index contributed by atoms with van der Waals surface area (Å²) in [5, 5.41) is 22.6. The standard InChI is InChI=1S/C35H48N2O2/c1-33(2,3)16-17-35(39)15-14-31-29-12-8-25-22-27(38)11-13-28(25)32(29)30(23-34(31,35)4)24-6-9-26(10-7-24)37-20-18-36(5)19-21-37/h6-7,9-10,22,27,29-31,38-39H,8,11-15,18-21,23H2,1-5H3/t27?,29-,30+,31-,34-,35+/m0/s1. The third-order valence-corrected chi connectivity index (χ3v) is 10.8. The van der Waals surface area contributed by atoms with Gasteiger partial charge in [0, 0.05) is 48.6 Å². The summed E-state index contributed by atoms with van der Waals surface area (Å²) in [7, 11) is 2.20. The quantitative estimate of drug-likeness (QED) is 0.469. The van der Waals surface area contributed by atoms with Crippen LogP contribution in [0.15, 0.2) is 47.1 Å². The molecular formula is C35H48N2O2. The minimum absolute atomic E-state index is 0.127. The van der Waals surface area contributed by atoms with E-state index < -0.39 is 5.60 Å². The highest BCUT2D eigenvalue weighted by atomic mass is 16.3. The van der Waals surface area contributed by atoms with Crippen LogP contribution in [0.1, 0.15) is 84.1 Å². The van der Waals surface area contributed by atoms with Gasteiger partial charge in [0.25, 0.3) is 0 Å². The van der Waals surface area contributed by atoms with Crippen molar-refractivity contribution in [3.05, 3.63) is 52.6 Å². The summed E-state index contributed by atoms with van der Waals surface area (Å²) in [5.74, 6) is 8.11. The van der Waals surface area contributed by atoms with Crippen molar-refractivity contribution in [3.8, 4) is 11.8 Å². The number of hydrogen-bond acceptors (Lipinski definition) is 4. The number of allylic oxidation sites excluding steroid dienone is 3. The summed E-state index contributed by atoms with van der Waals surface area (Å²) in [4.78, 5) is 4.91. The molecule has 6 rings (SSSR count). The van der Waals surface area contributed by atoms with Crippen LogP contribution in [0.5, 0.6) is 0 Å². The van der Waals surface area contributed by atoms with Gasteiger partial charge in [-0.05, 0) is 113 Å².